The number of benzene rings is 3. The van der Waals surface area contributed by atoms with E-state index in [4.69, 9.17) is 0 Å². The molecule has 3 aromatic carbocycles. The molecule has 5 nitrogen and oxygen atoms in total. The molecule has 0 spiro atoms. The summed E-state index contributed by atoms with van der Waals surface area (Å²) in [5.41, 5.74) is -12.8. The van der Waals surface area contributed by atoms with E-state index >= 15 is 0 Å². The number of rotatable bonds is 11. The third-order valence-corrected chi connectivity index (χ3v) is 19.5. The van der Waals surface area contributed by atoms with Crippen molar-refractivity contribution in [3.05, 3.63) is 91.0 Å². The Hall–Kier alpha value is -2.47. The molecule has 0 radical (unpaired) electrons. The number of sulfonamides is 2. The van der Waals surface area contributed by atoms with E-state index in [0.29, 0.717) is 19.3 Å². The van der Waals surface area contributed by atoms with Crippen LogP contribution in [0, 0.1) is 0 Å². The van der Waals surface area contributed by atoms with Gasteiger partial charge in [-0.2, -0.15) is 0 Å². The molecule has 0 bridgehead atoms. The van der Waals surface area contributed by atoms with Crippen molar-refractivity contribution < 1.29 is 43.2 Å². The van der Waals surface area contributed by atoms with Gasteiger partial charge in [0.2, 0.25) is 0 Å². The first-order valence-electron chi connectivity index (χ1n) is 12.2. The maximum absolute atomic E-state index is 14.5. The van der Waals surface area contributed by atoms with Gasteiger partial charge in [-0.1, -0.05) is 0 Å². The van der Waals surface area contributed by atoms with Gasteiger partial charge < -0.3 is 0 Å². The van der Waals surface area contributed by atoms with Crippen LogP contribution in [0.15, 0.2) is 91.0 Å². The number of halogens is 6. The second-order valence-corrected chi connectivity index (χ2v) is 18.3. The predicted octanol–water partition coefficient (Wildman–Crippen LogP) is 6.01. The normalized spacial score (nSPS) is 14.6. The van der Waals surface area contributed by atoms with Crippen LogP contribution in [0.3, 0.4) is 0 Å². The maximum atomic E-state index is 14.5. The first-order valence-corrected chi connectivity index (χ1v) is 17.5. The van der Waals surface area contributed by atoms with E-state index in [9.17, 15) is 43.2 Å². The monoisotopic (exact) mass is 627 g/mol. The van der Waals surface area contributed by atoms with Gasteiger partial charge in [-0.15, -0.1) is 0 Å². The van der Waals surface area contributed by atoms with E-state index in [0.717, 1.165) is 0 Å². The quantitative estimate of drug-likeness (QED) is 0.148. The molecule has 0 saturated heterocycles. The Morgan fingerprint density at radius 2 is 0.900 bits per heavy atom. The molecule has 0 aliphatic rings. The van der Waals surface area contributed by atoms with E-state index in [1.54, 1.807) is 0 Å². The first kappa shape index (κ1) is 32.0. The van der Waals surface area contributed by atoms with Crippen LogP contribution in [0.25, 0.3) is 0 Å². The molecule has 3 aromatic rings. The summed E-state index contributed by atoms with van der Waals surface area (Å²) < 4.78 is 139. The molecule has 0 N–H and O–H groups in total. The molecule has 0 aromatic heterocycles. The molecule has 0 unspecified atom stereocenters. The minimum absolute atomic E-state index is 0.0679. The summed E-state index contributed by atoms with van der Waals surface area (Å²) in [6.07, 6.45) is 0.773. The molecule has 40 heavy (non-hydrogen) atoms. The molecule has 14 heteroatoms. The number of hydrogen-bond donors (Lipinski definition) is 0. The molecule has 0 amide bonds. The summed E-state index contributed by atoms with van der Waals surface area (Å²) >= 11 is 0. The SMILES string of the molecule is CCCCCCP(c1ccccc1)(c1ccccc1)(c1ccccc1)N(S(=O)(=O)C(F)(F)F)S(=O)(=O)C(F)(F)F. The van der Waals surface area contributed by atoms with Crippen molar-refractivity contribution in [2.45, 2.75) is 43.6 Å². The average molecular weight is 628 g/mol. The van der Waals surface area contributed by atoms with Crippen LogP contribution in [-0.4, -0.2) is 37.5 Å². The number of unbranched alkanes of at least 4 members (excludes halogenated alkanes) is 3. The van der Waals surface area contributed by atoms with E-state index in [2.05, 4.69) is 0 Å². The van der Waals surface area contributed by atoms with E-state index in [1.807, 2.05) is 6.92 Å². The number of nitrogens with zero attached hydrogens (tertiary/aromatic N) is 1. The third-order valence-electron chi connectivity index (χ3n) is 6.74. The topological polar surface area (TPSA) is 71.5 Å². The first-order chi connectivity index (χ1) is 18.6. The minimum atomic E-state index is -7.20. The van der Waals surface area contributed by atoms with Gasteiger partial charge >= 0.3 is 230 Å². The van der Waals surface area contributed by atoms with Gasteiger partial charge in [0, 0.05) is 0 Å². The molecular weight excluding hydrogens is 599 g/mol. The van der Waals surface area contributed by atoms with Gasteiger partial charge in [0.25, 0.3) is 0 Å². The fourth-order valence-corrected chi connectivity index (χ4v) is 19.2. The molecule has 0 saturated carbocycles. The molecule has 0 fully saturated rings. The fraction of sp³-hybridized carbons (Fsp3) is 0.308. The molecule has 0 aliphatic carbocycles. The van der Waals surface area contributed by atoms with E-state index in [-0.39, 0.29) is 22.3 Å². The van der Waals surface area contributed by atoms with Crippen LogP contribution in [0.4, 0.5) is 26.3 Å². The summed E-state index contributed by atoms with van der Waals surface area (Å²) in [5, 5.41) is -0.825. The zero-order valence-corrected chi connectivity index (χ0v) is 23.8. The Morgan fingerprint density at radius 1 is 0.575 bits per heavy atom. The van der Waals surface area contributed by atoms with Gasteiger partial charge in [-0.05, 0) is 0 Å². The summed E-state index contributed by atoms with van der Waals surface area (Å²) in [4.78, 5) is 0. The van der Waals surface area contributed by atoms with Crippen molar-refractivity contribution >= 4 is 42.7 Å². The van der Waals surface area contributed by atoms with Crippen molar-refractivity contribution in [3.63, 3.8) is 0 Å². The van der Waals surface area contributed by atoms with Crippen molar-refractivity contribution in [2.75, 3.05) is 6.16 Å². The Morgan fingerprint density at radius 3 is 1.18 bits per heavy atom. The molecular formula is C26H28F6NO4PS2. The molecule has 0 atom stereocenters. The molecule has 220 valence electrons. The van der Waals surface area contributed by atoms with Crippen molar-refractivity contribution in [3.8, 4) is 0 Å². The van der Waals surface area contributed by atoms with Crippen molar-refractivity contribution in [2.24, 2.45) is 0 Å². The summed E-state index contributed by atoms with van der Waals surface area (Å²) in [7, 11) is -14.4. The van der Waals surface area contributed by atoms with Gasteiger partial charge in [0.1, 0.15) is 0 Å². The van der Waals surface area contributed by atoms with Crippen LogP contribution >= 0.6 is 6.75 Å². The predicted molar refractivity (Wildman–Crippen MR) is 146 cm³/mol. The van der Waals surface area contributed by atoms with Crippen molar-refractivity contribution in [1.29, 1.82) is 0 Å². The third kappa shape index (κ3) is 5.06. The van der Waals surface area contributed by atoms with Crippen LogP contribution in [0.1, 0.15) is 32.6 Å². The van der Waals surface area contributed by atoms with Crippen molar-refractivity contribution in [1.82, 2.24) is 3.48 Å². The molecule has 0 aliphatic heterocycles. The molecule has 3 rings (SSSR count). The summed E-state index contributed by atoms with van der Waals surface area (Å²) in [5.74, 6) is 0. The molecule has 0 heterocycles. The Balaban J connectivity index is 2.82. The van der Waals surface area contributed by atoms with Gasteiger partial charge in [-0.25, -0.2) is 0 Å². The van der Waals surface area contributed by atoms with Crippen LogP contribution in [-0.2, 0) is 20.0 Å². The Bertz CT molecular complexity index is 1360. The van der Waals surface area contributed by atoms with Gasteiger partial charge in [-0.3, -0.25) is 0 Å². The number of alkyl halides is 6. The van der Waals surface area contributed by atoms with E-state index < -0.39 is 47.5 Å². The summed E-state index contributed by atoms with van der Waals surface area (Å²) in [6, 6.07) is 19.5. The van der Waals surface area contributed by atoms with E-state index in [1.165, 1.54) is 91.0 Å². The number of hydrogen-bond acceptors (Lipinski definition) is 4. The van der Waals surface area contributed by atoms with Crippen LogP contribution in [0.2, 0.25) is 0 Å². The second kappa shape index (κ2) is 11.4. The Kier molecular flexibility index (Phi) is 9.15. The zero-order valence-electron chi connectivity index (χ0n) is 21.3. The van der Waals surface area contributed by atoms with Gasteiger partial charge in [0.15, 0.2) is 0 Å². The zero-order chi connectivity index (χ0) is 29.9. The summed E-state index contributed by atoms with van der Waals surface area (Å²) in [6.45, 7) is -4.14. The second-order valence-electron chi connectivity index (χ2n) is 9.12. The standard InChI is InChI=1S/C26H28F6NO4PS2/c1-2-3-4-14-21-38(22-15-8-5-9-16-22,23-17-10-6-11-18-23,24-19-12-7-13-20-24)33(39(34,35)25(27,28)29)40(36,37)26(30,31)32/h5-13,15-20H,2-4,14,21H2,1H3. The Labute approximate surface area is 229 Å². The van der Waals surface area contributed by atoms with Crippen LogP contribution in [0.5, 0.6) is 0 Å². The van der Waals surface area contributed by atoms with Gasteiger partial charge in [0.05, 0.1) is 0 Å². The van der Waals surface area contributed by atoms with Crippen LogP contribution < -0.4 is 15.9 Å². The fourth-order valence-electron chi connectivity index (χ4n) is 5.07. The average Bonchev–Trinajstić information content (AvgIpc) is 2.90.